The van der Waals surface area contributed by atoms with Gasteiger partial charge in [-0.1, -0.05) is 89.5 Å². The molecule has 0 aliphatic rings. The Hall–Kier alpha value is -1.57. The Morgan fingerprint density at radius 1 is 1.08 bits per heavy atom. The standard InChI is InChI=1S/C22H35NO/c1-7-13-21(16-17(4)8-2)19(6)24-23-22(18(5)9-3)20-14-11-10-12-15-20/h10-12,14-15,17-18,21H,6-9,13,16H2,1-5H3/b23-22+. The van der Waals surface area contributed by atoms with Crippen molar-refractivity contribution in [1.29, 1.82) is 0 Å². The highest BCUT2D eigenvalue weighted by atomic mass is 16.6. The summed E-state index contributed by atoms with van der Waals surface area (Å²) in [5, 5.41) is 4.52. The van der Waals surface area contributed by atoms with E-state index in [1.807, 2.05) is 18.2 Å². The predicted octanol–water partition coefficient (Wildman–Crippen LogP) is 6.82. The molecule has 0 aliphatic heterocycles. The Morgan fingerprint density at radius 3 is 2.29 bits per heavy atom. The molecule has 0 saturated carbocycles. The maximum atomic E-state index is 5.84. The summed E-state index contributed by atoms with van der Waals surface area (Å²) in [6.45, 7) is 15.3. The van der Waals surface area contributed by atoms with Gasteiger partial charge in [0.05, 0.1) is 5.71 Å². The van der Waals surface area contributed by atoms with E-state index in [0.29, 0.717) is 17.8 Å². The summed E-state index contributed by atoms with van der Waals surface area (Å²) in [6.07, 6.45) is 5.61. The predicted molar refractivity (Wildman–Crippen MR) is 105 cm³/mol. The molecule has 0 aliphatic carbocycles. The van der Waals surface area contributed by atoms with Crippen LogP contribution < -0.4 is 0 Å². The Morgan fingerprint density at radius 2 is 1.75 bits per heavy atom. The van der Waals surface area contributed by atoms with Gasteiger partial charge >= 0.3 is 0 Å². The molecule has 134 valence electrons. The molecule has 0 fully saturated rings. The lowest BCUT2D eigenvalue weighted by Gasteiger charge is -2.21. The summed E-state index contributed by atoms with van der Waals surface area (Å²) >= 11 is 0. The largest absolute Gasteiger partial charge is 0.362 e. The van der Waals surface area contributed by atoms with Crippen molar-refractivity contribution in [3.63, 3.8) is 0 Å². The van der Waals surface area contributed by atoms with Gasteiger partial charge in [0, 0.05) is 11.8 Å². The molecule has 0 radical (unpaired) electrons. The third-order valence-corrected chi connectivity index (χ3v) is 4.89. The van der Waals surface area contributed by atoms with Crippen molar-refractivity contribution < 1.29 is 4.84 Å². The van der Waals surface area contributed by atoms with Crippen molar-refractivity contribution in [3.05, 3.63) is 48.2 Å². The Balaban J connectivity index is 2.88. The number of hydrogen-bond acceptors (Lipinski definition) is 2. The highest BCUT2D eigenvalue weighted by molar-refractivity contribution is 6.01. The zero-order chi connectivity index (χ0) is 17.9. The molecule has 24 heavy (non-hydrogen) atoms. The maximum Gasteiger partial charge on any atom is 0.131 e. The first-order valence-electron chi connectivity index (χ1n) is 9.52. The lowest BCUT2D eigenvalue weighted by molar-refractivity contribution is 0.172. The Labute approximate surface area is 149 Å². The molecule has 2 nitrogen and oxygen atoms in total. The molecule has 1 aromatic carbocycles. The van der Waals surface area contributed by atoms with Crippen LogP contribution in [0.1, 0.15) is 72.3 Å². The summed E-state index contributed by atoms with van der Waals surface area (Å²) < 4.78 is 0. The monoisotopic (exact) mass is 329 g/mol. The van der Waals surface area contributed by atoms with Crippen molar-refractivity contribution in [2.75, 3.05) is 0 Å². The van der Waals surface area contributed by atoms with E-state index >= 15 is 0 Å². The molecule has 0 amide bonds. The van der Waals surface area contributed by atoms with Crippen LogP contribution in [-0.4, -0.2) is 5.71 Å². The fourth-order valence-corrected chi connectivity index (χ4v) is 2.82. The smallest absolute Gasteiger partial charge is 0.131 e. The number of hydrogen-bond donors (Lipinski definition) is 0. The quantitative estimate of drug-likeness (QED) is 0.248. The number of oxime groups is 1. The van der Waals surface area contributed by atoms with Gasteiger partial charge in [-0.15, -0.1) is 0 Å². The minimum absolute atomic E-state index is 0.361. The van der Waals surface area contributed by atoms with Crippen molar-refractivity contribution in [1.82, 2.24) is 0 Å². The lowest BCUT2D eigenvalue weighted by atomic mass is 9.90. The highest BCUT2D eigenvalue weighted by Gasteiger charge is 2.18. The Kier molecular flexibility index (Phi) is 9.44. The van der Waals surface area contributed by atoms with Gasteiger partial charge in [0.15, 0.2) is 0 Å². The van der Waals surface area contributed by atoms with Gasteiger partial charge in [0.2, 0.25) is 0 Å². The molecule has 0 aromatic heterocycles. The summed E-state index contributed by atoms with van der Waals surface area (Å²) in [5.41, 5.74) is 2.15. The van der Waals surface area contributed by atoms with Crippen LogP contribution in [0.15, 0.2) is 47.8 Å². The molecule has 0 bridgehead atoms. The molecule has 0 N–H and O–H groups in total. The van der Waals surface area contributed by atoms with Crippen LogP contribution in [0, 0.1) is 17.8 Å². The van der Waals surface area contributed by atoms with E-state index in [1.165, 1.54) is 6.42 Å². The first-order valence-corrected chi connectivity index (χ1v) is 9.52. The van der Waals surface area contributed by atoms with Crippen molar-refractivity contribution >= 4 is 5.71 Å². The zero-order valence-electron chi connectivity index (χ0n) is 16.2. The second kappa shape index (κ2) is 11.1. The molecule has 3 unspecified atom stereocenters. The van der Waals surface area contributed by atoms with Crippen molar-refractivity contribution in [3.8, 4) is 0 Å². The summed E-state index contributed by atoms with van der Waals surface area (Å²) in [4.78, 5) is 5.84. The Bertz CT molecular complexity index is 506. The number of rotatable bonds is 11. The van der Waals surface area contributed by atoms with E-state index in [1.54, 1.807) is 0 Å². The van der Waals surface area contributed by atoms with Gasteiger partial charge in [-0.2, -0.15) is 0 Å². The fourth-order valence-electron chi connectivity index (χ4n) is 2.82. The van der Waals surface area contributed by atoms with E-state index in [4.69, 9.17) is 4.84 Å². The molecular formula is C22H35NO. The van der Waals surface area contributed by atoms with Crippen molar-refractivity contribution in [2.24, 2.45) is 22.9 Å². The van der Waals surface area contributed by atoms with Gasteiger partial charge < -0.3 is 4.84 Å². The van der Waals surface area contributed by atoms with E-state index in [9.17, 15) is 0 Å². The van der Waals surface area contributed by atoms with Gasteiger partial charge in [-0.3, -0.25) is 0 Å². The van der Waals surface area contributed by atoms with E-state index in [0.717, 1.165) is 42.7 Å². The van der Waals surface area contributed by atoms with Crippen LogP contribution in [0.2, 0.25) is 0 Å². The zero-order valence-corrected chi connectivity index (χ0v) is 16.2. The first kappa shape index (κ1) is 20.5. The number of nitrogens with zero attached hydrogens (tertiary/aromatic N) is 1. The van der Waals surface area contributed by atoms with E-state index < -0.39 is 0 Å². The molecule has 0 spiro atoms. The highest BCUT2D eigenvalue weighted by Crippen LogP contribution is 2.27. The van der Waals surface area contributed by atoms with Gasteiger partial charge in [0.25, 0.3) is 0 Å². The molecule has 0 heterocycles. The molecule has 1 rings (SSSR count). The van der Waals surface area contributed by atoms with Crippen LogP contribution >= 0.6 is 0 Å². The molecule has 0 saturated heterocycles. The van der Waals surface area contributed by atoms with Gasteiger partial charge in [0.1, 0.15) is 5.76 Å². The van der Waals surface area contributed by atoms with Gasteiger partial charge in [-0.05, 0) is 30.7 Å². The van der Waals surface area contributed by atoms with Crippen LogP contribution in [0.3, 0.4) is 0 Å². The summed E-state index contributed by atoms with van der Waals surface area (Å²) in [5.74, 6) is 2.25. The lowest BCUT2D eigenvalue weighted by Crippen LogP contribution is -2.14. The van der Waals surface area contributed by atoms with Crippen LogP contribution in [0.25, 0.3) is 0 Å². The third kappa shape index (κ3) is 6.51. The minimum Gasteiger partial charge on any atom is -0.362 e. The van der Waals surface area contributed by atoms with Crippen LogP contribution in [0.5, 0.6) is 0 Å². The van der Waals surface area contributed by atoms with Gasteiger partial charge in [-0.25, -0.2) is 0 Å². The number of allylic oxidation sites excluding steroid dienone is 1. The summed E-state index contributed by atoms with van der Waals surface area (Å²) in [7, 11) is 0. The topological polar surface area (TPSA) is 21.6 Å². The van der Waals surface area contributed by atoms with Crippen LogP contribution in [-0.2, 0) is 4.84 Å². The first-order chi connectivity index (χ1) is 11.5. The van der Waals surface area contributed by atoms with E-state index in [-0.39, 0.29) is 0 Å². The summed E-state index contributed by atoms with van der Waals surface area (Å²) in [6, 6.07) is 10.3. The van der Waals surface area contributed by atoms with E-state index in [2.05, 4.69) is 58.5 Å². The molecule has 1 aromatic rings. The average molecular weight is 330 g/mol. The second-order valence-corrected chi connectivity index (χ2v) is 6.94. The minimum atomic E-state index is 0.361. The van der Waals surface area contributed by atoms with Crippen molar-refractivity contribution in [2.45, 2.75) is 66.7 Å². The third-order valence-electron chi connectivity index (χ3n) is 4.89. The second-order valence-electron chi connectivity index (χ2n) is 6.94. The van der Waals surface area contributed by atoms with Crippen LogP contribution in [0.4, 0.5) is 0 Å². The number of benzene rings is 1. The molecule has 3 atom stereocenters. The normalized spacial score (nSPS) is 15.6. The molecule has 2 heteroatoms. The SMILES string of the molecule is C=C(O/N=C(/c1ccccc1)C(C)CC)C(CCC)CC(C)CC. The molecular weight excluding hydrogens is 294 g/mol. The fraction of sp³-hybridized carbons (Fsp3) is 0.591. The maximum absolute atomic E-state index is 5.84. The average Bonchev–Trinajstić information content (AvgIpc) is 2.61.